The fourth-order valence-corrected chi connectivity index (χ4v) is 5.80. The maximum atomic E-state index is 12.6. The van der Waals surface area contributed by atoms with Crippen LogP contribution in [0, 0.1) is 6.92 Å². The molecule has 1 saturated heterocycles. The van der Waals surface area contributed by atoms with Crippen molar-refractivity contribution in [3.63, 3.8) is 0 Å². The molecule has 1 fully saturated rings. The lowest BCUT2D eigenvalue weighted by Gasteiger charge is -2.33. The van der Waals surface area contributed by atoms with Gasteiger partial charge in [-0.15, -0.1) is 11.3 Å². The van der Waals surface area contributed by atoms with E-state index >= 15 is 0 Å². The molecular formula is C19H26N3O3S2+. The van der Waals surface area contributed by atoms with Gasteiger partial charge in [-0.3, -0.25) is 4.79 Å². The molecule has 27 heavy (non-hydrogen) atoms. The second kappa shape index (κ2) is 8.52. The Morgan fingerprint density at radius 1 is 1.22 bits per heavy atom. The number of thiophene rings is 1. The summed E-state index contributed by atoms with van der Waals surface area (Å²) in [6.45, 7) is 6.58. The Morgan fingerprint density at radius 3 is 2.48 bits per heavy atom. The van der Waals surface area contributed by atoms with Crippen LogP contribution in [0.3, 0.4) is 0 Å². The lowest BCUT2D eigenvalue weighted by molar-refractivity contribution is -0.917. The molecule has 6 nitrogen and oxygen atoms in total. The molecule has 8 heteroatoms. The van der Waals surface area contributed by atoms with E-state index in [0.29, 0.717) is 36.9 Å². The smallest absolute Gasteiger partial charge is 0.278 e. The van der Waals surface area contributed by atoms with Crippen LogP contribution in [0.2, 0.25) is 0 Å². The van der Waals surface area contributed by atoms with Crippen LogP contribution < -0.4 is 10.2 Å². The van der Waals surface area contributed by atoms with E-state index in [1.807, 2.05) is 38.1 Å². The van der Waals surface area contributed by atoms with Crippen molar-refractivity contribution in [1.29, 1.82) is 0 Å². The van der Waals surface area contributed by atoms with Crippen LogP contribution in [0.15, 0.2) is 46.0 Å². The van der Waals surface area contributed by atoms with Crippen LogP contribution in [0.25, 0.3) is 0 Å². The minimum atomic E-state index is -3.40. The van der Waals surface area contributed by atoms with E-state index < -0.39 is 10.0 Å². The quantitative estimate of drug-likeness (QED) is 0.737. The van der Waals surface area contributed by atoms with Crippen molar-refractivity contribution < 1.29 is 18.1 Å². The van der Waals surface area contributed by atoms with E-state index in [4.69, 9.17) is 0 Å². The molecule has 0 radical (unpaired) electrons. The zero-order valence-electron chi connectivity index (χ0n) is 15.6. The number of carbonyl (C=O) groups excluding carboxylic acids is 1. The number of nitrogens with zero attached hydrogens (tertiary/aromatic N) is 1. The van der Waals surface area contributed by atoms with E-state index in [-0.39, 0.29) is 11.9 Å². The Balaban J connectivity index is 1.51. The Labute approximate surface area is 164 Å². The molecule has 1 aliphatic heterocycles. The minimum absolute atomic E-state index is 0.000129. The van der Waals surface area contributed by atoms with Gasteiger partial charge in [0.05, 0.1) is 26.2 Å². The molecule has 0 unspecified atom stereocenters. The van der Waals surface area contributed by atoms with E-state index in [1.165, 1.54) is 21.2 Å². The second-order valence-electron chi connectivity index (χ2n) is 6.92. The monoisotopic (exact) mass is 408 g/mol. The molecule has 2 aromatic rings. The number of sulfonamides is 1. The lowest BCUT2D eigenvalue weighted by Crippen LogP contribution is -3.19. The van der Waals surface area contributed by atoms with Gasteiger partial charge in [0.15, 0.2) is 6.04 Å². The molecule has 1 aromatic heterocycles. The van der Waals surface area contributed by atoms with Crippen molar-refractivity contribution in [3.8, 4) is 0 Å². The SMILES string of the molecule is Cc1ccc(CNC(=O)[C@H](C)[NH+]2CCN(S(=O)(=O)c3cccs3)CC2)cc1. The maximum absolute atomic E-state index is 12.6. The van der Waals surface area contributed by atoms with Crippen molar-refractivity contribution in [2.24, 2.45) is 0 Å². The number of nitrogens with one attached hydrogen (secondary N) is 2. The first-order valence-electron chi connectivity index (χ1n) is 9.09. The summed E-state index contributed by atoms with van der Waals surface area (Å²) in [5.41, 5.74) is 2.27. The van der Waals surface area contributed by atoms with Crippen LogP contribution >= 0.6 is 11.3 Å². The normalized spacial score (nSPS) is 17.6. The van der Waals surface area contributed by atoms with Gasteiger partial charge in [0, 0.05) is 6.54 Å². The van der Waals surface area contributed by atoms with Gasteiger partial charge in [0.1, 0.15) is 4.21 Å². The highest BCUT2D eigenvalue weighted by molar-refractivity contribution is 7.91. The number of quaternary nitrogens is 1. The van der Waals surface area contributed by atoms with Gasteiger partial charge >= 0.3 is 0 Å². The van der Waals surface area contributed by atoms with Crippen LogP contribution in [0.4, 0.5) is 0 Å². The molecule has 0 aliphatic carbocycles. The summed E-state index contributed by atoms with van der Waals surface area (Å²) in [4.78, 5) is 13.6. The van der Waals surface area contributed by atoms with Crippen molar-refractivity contribution in [3.05, 3.63) is 52.9 Å². The molecule has 0 bridgehead atoms. The number of aryl methyl sites for hydroxylation is 1. The number of amides is 1. The van der Waals surface area contributed by atoms with Crippen molar-refractivity contribution in [2.75, 3.05) is 26.2 Å². The average Bonchev–Trinajstić information content (AvgIpc) is 3.22. The first kappa shape index (κ1) is 20.0. The van der Waals surface area contributed by atoms with Gasteiger partial charge in [-0.05, 0) is 30.9 Å². The third kappa shape index (κ3) is 4.76. The number of piperazine rings is 1. The lowest BCUT2D eigenvalue weighted by atomic mass is 10.1. The largest absolute Gasteiger partial charge is 0.347 e. The third-order valence-corrected chi connectivity index (χ3v) is 8.32. The molecule has 1 aromatic carbocycles. The second-order valence-corrected chi connectivity index (χ2v) is 10.0. The number of hydrogen-bond donors (Lipinski definition) is 2. The van der Waals surface area contributed by atoms with Crippen molar-refractivity contribution >= 4 is 27.3 Å². The number of carbonyl (C=O) groups is 1. The Kier molecular flexibility index (Phi) is 6.31. The fraction of sp³-hybridized carbons (Fsp3) is 0.421. The molecule has 146 valence electrons. The predicted molar refractivity (Wildman–Crippen MR) is 106 cm³/mol. The highest BCUT2D eigenvalue weighted by atomic mass is 32.2. The van der Waals surface area contributed by atoms with Crippen LogP contribution in [-0.4, -0.2) is 50.9 Å². The number of benzene rings is 1. The van der Waals surface area contributed by atoms with Crippen LogP contribution in [0.5, 0.6) is 0 Å². The molecule has 1 atom stereocenters. The zero-order chi connectivity index (χ0) is 19.4. The van der Waals surface area contributed by atoms with E-state index in [9.17, 15) is 13.2 Å². The average molecular weight is 409 g/mol. The standard InChI is InChI=1S/C19H25N3O3S2/c1-15-5-7-17(8-6-15)14-20-19(23)16(2)21-9-11-22(12-10-21)27(24,25)18-4-3-13-26-18/h3-8,13,16H,9-12,14H2,1-2H3,(H,20,23)/p+1/t16-/m0/s1. The molecule has 0 spiro atoms. The van der Waals surface area contributed by atoms with E-state index in [0.717, 1.165) is 10.5 Å². The topological polar surface area (TPSA) is 70.9 Å². The summed E-state index contributed by atoms with van der Waals surface area (Å²) < 4.78 is 27.1. The van der Waals surface area contributed by atoms with Crippen LogP contribution in [-0.2, 0) is 21.4 Å². The molecule has 2 heterocycles. The minimum Gasteiger partial charge on any atom is -0.347 e. The first-order valence-corrected chi connectivity index (χ1v) is 11.4. The fourth-order valence-electron chi connectivity index (χ4n) is 3.22. The number of rotatable bonds is 6. The van der Waals surface area contributed by atoms with Crippen molar-refractivity contribution in [1.82, 2.24) is 9.62 Å². The molecule has 1 aliphatic rings. The summed E-state index contributed by atoms with van der Waals surface area (Å²) in [7, 11) is -3.40. The first-order chi connectivity index (χ1) is 12.9. The maximum Gasteiger partial charge on any atom is 0.278 e. The summed E-state index contributed by atoms with van der Waals surface area (Å²) >= 11 is 1.24. The molecule has 0 saturated carbocycles. The predicted octanol–water partition coefficient (Wildman–Crippen LogP) is 0.651. The van der Waals surface area contributed by atoms with E-state index in [2.05, 4.69) is 5.32 Å². The Hall–Kier alpha value is -1.74. The number of hydrogen-bond acceptors (Lipinski definition) is 4. The highest BCUT2D eigenvalue weighted by Gasteiger charge is 2.34. The summed E-state index contributed by atoms with van der Waals surface area (Å²) in [5.74, 6) is 0.000129. The van der Waals surface area contributed by atoms with Gasteiger partial charge < -0.3 is 10.2 Å². The molecular weight excluding hydrogens is 382 g/mol. The Morgan fingerprint density at radius 2 is 1.89 bits per heavy atom. The van der Waals surface area contributed by atoms with Crippen molar-refractivity contribution in [2.45, 2.75) is 30.6 Å². The molecule has 2 N–H and O–H groups in total. The Bertz CT molecular complexity index is 856. The summed E-state index contributed by atoms with van der Waals surface area (Å²) in [5, 5.41) is 4.76. The summed E-state index contributed by atoms with van der Waals surface area (Å²) in [6, 6.07) is 11.3. The molecule has 3 rings (SSSR count). The third-order valence-electron chi connectivity index (χ3n) is 5.05. The van der Waals surface area contributed by atoms with Gasteiger partial charge in [-0.2, -0.15) is 4.31 Å². The molecule has 1 amide bonds. The van der Waals surface area contributed by atoms with E-state index in [1.54, 1.807) is 17.5 Å². The summed E-state index contributed by atoms with van der Waals surface area (Å²) in [6.07, 6.45) is 0. The van der Waals surface area contributed by atoms with Gasteiger partial charge in [-0.25, -0.2) is 8.42 Å². The van der Waals surface area contributed by atoms with Gasteiger partial charge in [0.25, 0.3) is 15.9 Å². The van der Waals surface area contributed by atoms with Gasteiger partial charge in [0.2, 0.25) is 0 Å². The zero-order valence-corrected chi connectivity index (χ0v) is 17.3. The van der Waals surface area contributed by atoms with Gasteiger partial charge in [-0.1, -0.05) is 35.9 Å². The highest BCUT2D eigenvalue weighted by Crippen LogP contribution is 2.20. The van der Waals surface area contributed by atoms with Crippen LogP contribution in [0.1, 0.15) is 18.1 Å².